The molecule has 0 aliphatic carbocycles. The van der Waals surface area contributed by atoms with Crippen molar-refractivity contribution in [2.45, 2.75) is 6.42 Å². The predicted molar refractivity (Wildman–Crippen MR) is 50.6 cm³/mol. The summed E-state index contributed by atoms with van der Waals surface area (Å²) in [6.45, 7) is 0.775. The number of aliphatic hydroxyl groups excluding tert-OH is 1. The molecule has 0 radical (unpaired) electrons. The largest absolute Gasteiger partial charge is 0.493 e. The monoisotopic (exact) mass is 179 g/mol. The lowest BCUT2D eigenvalue weighted by Crippen LogP contribution is -2.23. The highest BCUT2D eigenvalue weighted by Gasteiger charge is 2.18. The number of benzene rings is 1. The molecular formula is C10H13NO2. The van der Waals surface area contributed by atoms with Gasteiger partial charge in [-0.25, -0.2) is 0 Å². The van der Waals surface area contributed by atoms with Gasteiger partial charge in [0, 0.05) is 24.3 Å². The SMILES string of the molecule is Nc1ccc2c(c1)OCC(CO)C2. The molecule has 1 heterocycles. The third-order valence-electron chi connectivity index (χ3n) is 2.33. The molecule has 0 saturated heterocycles. The van der Waals surface area contributed by atoms with Crippen molar-refractivity contribution in [3.8, 4) is 5.75 Å². The molecule has 0 saturated carbocycles. The van der Waals surface area contributed by atoms with Crippen LogP contribution in [0.5, 0.6) is 5.75 Å². The van der Waals surface area contributed by atoms with E-state index in [9.17, 15) is 0 Å². The average molecular weight is 179 g/mol. The summed E-state index contributed by atoms with van der Waals surface area (Å²) in [5.74, 6) is 1.10. The van der Waals surface area contributed by atoms with Gasteiger partial charge >= 0.3 is 0 Å². The molecular weight excluding hydrogens is 166 g/mol. The maximum atomic E-state index is 8.97. The van der Waals surface area contributed by atoms with E-state index in [1.807, 2.05) is 18.2 Å². The van der Waals surface area contributed by atoms with Gasteiger partial charge in [-0.15, -0.1) is 0 Å². The smallest absolute Gasteiger partial charge is 0.124 e. The van der Waals surface area contributed by atoms with Gasteiger partial charge < -0.3 is 15.6 Å². The van der Waals surface area contributed by atoms with Gasteiger partial charge in [0.2, 0.25) is 0 Å². The highest BCUT2D eigenvalue weighted by atomic mass is 16.5. The van der Waals surface area contributed by atoms with Crippen LogP contribution in [0, 0.1) is 5.92 Å². The van der Waals surface area contributed by atoms with E-state index in [0.29, 0.717) is 6.61 Å². The van der Waals surface area contributed by atoms with Gasteiger partial charge in [0.15, 0.2) is 0 Å². The summed E-state index contributed by atoms with van der Waals surface area (Å²) in [6, 6.07) is 5.66. The molecule has 1 aliphatic heterocycles. The molecule has 1 unspecified atom stereocenters. The number of nitrogen functional groups attached to an aromatic ring is 1. The van der Waals surface area contributed by atoms with Crippen LogP contribution in [0.4, 0.5) is 5.69 Å². The number of anilines is 1. The normalized spacial score (nSPS) is 20.5. The maximum absolute atomic E-state index is 8.97. The second-order valence-electron chi connectivity index (χ2n) is 3.43. The van der Waals surface area contributed by atoms with Crippen molar-refractivity contribution in [2.75, 3.05) is 18.9 Å². The second-order valence-corrected chi connectivity index (χ2v) is 3.43. The van der Waals surface area contributed by atoms with E-state index in [1.165, 1.54) is 0 Å². The molecule has 1 aromatic rings. The molecule has 0 bridgehead atoms. The highest BCUT2D eigenvalue weighted by Crippen LogP contribution is 2.28. The fraction of sp³-hybridized carbons (Fsp3) is 0.400. The summed E-state index contributed by atoms with van der Waals surface area (Å²) in [6.07, 6.45) is 0.881. The van der Waals surface area contributed by atoms with Crippen LogP contribution in [0.3, 0.4) is 0 Å². The Kier molecular flexibility index (Phi) is 2.10. The lowest BCUT2D eigenvalue weighted by atomic mass is 9.97. The van der Waals surface area contributed by atoms with Gasteiger partial charge in [0.05, 0.1) is 6.61 Å². The number of hydrogen-bond acceptors (Lipinski definition) is 3. The van der Waals surface area contributed by atoms with E-state index >= 15 is 0 Å². The molecule has 1 aliphatic rings. The van der Waals surface area contributed by atoms with Crippen LogP contribution in [0.25, 0.3) is 0 Å². The number of rotatable bonds is 1. The van der Waals surface area contributed by atoms with Crippen molar-refractivity contribution < 1.29 is 9.84 Å². The molecule has 1 aromatic carbocycles. The summed E-state index contributed by atoms with van der Waals surface area (Å²) in [7, 11) is 0. The van der Waals surface area contributed by atoms with Crippen LogP contribution >= 0.6 is 0 Å². The van der Waals surface area contributed by atoms with Gasteiger partial charge in [-0.3, -0.25) is 0 Å². The molecule has 0 amide bonds. The molecule has 0 aromatic heterocycles. The summed E-state index contributed by atoms with van der Waals surface area (Å²) >= 11 is 0. The topological polar surface area (TPSA) is 55.5 Å². The zero-order valence-corrected chi connectivity index (χ0v) is 7.36. The molecule has 0 fully saturated rings. The van der Waals surface area contributed by atoms with Crippen LogP contribution < -0.4 is 10.5 Å². The summed E-state index contributed by atoms with van der Waals surface area (Å²) in [5.41, 5.74) is 7.48. The molecule has 2 rings (SSSR count). The second kappa shape index (κ2) is 3.26. The molecule has 3 N–H and O–H groups in total. The van der Waals surface area contributed by atoms with Crippen LogP contribution in [-0.2, 0) is 6.42 Å². The van der Waals surface area contributed by atoms with Crippen molar-refractivity contribution in [3.63, 3.8) is 0 Å². The molecule has 13 heavy (non-hydrogen) atoms. The van der Waals surface area contributed by atoms with Crippen molar-refractivity contribution in [1.29, 1.82) is 0 Å². The number of fused-ring (bicyclic) bond motifs is 1. The van der Waals surface area contributed by atoms with Crippen LogP contribution in [-0.4, -0.2) is 18.3 Å². The van der Waals surface area contributed by atoms with E-state index < -0.39 is 0 Å². The Labute approximate surface area is 77.1 Å². The van der Waals surface area contributed by atoms with E-state index in [2.05, 4.69) is 0 Å². The van der Waals surface area contributed by atoms with Crippen molar-refractivity contribution >= 4 is 5.69 Å². The molecule has 0 spiro atoms. The average Bonchev–Trinajstić information content (AvgIpc) is 2.17. The standard InChI is InChI=1S/C10H13NO2/c11-9-2-1-8-3-7(5-12)6-13-10(8)4-9/h1-2,4,7,12H,3,5-6,11H2. The fourth-order valence-electron chi connectivity index (χ4n) is 1.57. The molecule has 3 heteroatoms. The fourth-order valence-corrected chi connectivity index (χ4v) is 1.57. The summed E-state index contributed by atoms with van der Waals surface area (Å²) in [4.78, 5) is 0. The first kappa shape index (κ1) is 8.38. The number of aliphatic hydroxyl groups is 1. The lowest BCUT2D eigenvalue weighted by Gasteiger charge is -2.23. The summed E-state index contributed by atoms with van der Waals surface area (Å²) < 4.78 is 5.47. The first-order valence-electron chi connectivity index (χ1n) is 4.41. The highest BCUT2D eigenvalue weighted by molar-refractivity contribution is 5.49. The van der Waals surface area contributed by atoms with Gasteiger partial charge in [-0.05, 0) is 18.1 Å². The van der Waals surface area contributed by atoms with Gasteiger partial charge in [0.25, 0.3) is 0 Å². The maximum Gasteiger partial charge on any atom is 0.124 e. The van der Waals surface area contributed by atoms with Crippen molar-refractivity contribution in [3.05, 3.63) is 23.8 Å². The number of nitrogens with two attached hydrogens (primary N) is 1. The predicted octanol–water partition coefficient (Wildman–Crippen LogP) is 0.812. The van der Waals surface area contributed by atoms with Crippen LogP contribution in [0.2, 0.25) is 0 Å². The molecule has 1 atom stereocenters. The van der Waals surface area contributed by atoms with E-state index in [4.69, 9.17) is 15.6 Å². The van der Waals surface area contributed by atoms with Crippen LogP contribution in [0.15, 0.2) is 18.2 Å². The van der Waals surface area contributed by atoms with Crippen molar-refractivity contribution in [2.24, 2.45) is 5.92 Å². The summed E-state index contributed by atoms with van der Waals surface area (Å²) in [5, 5.41) is 8.97. The quantitative estimate of drug-likeness (QED) is 0.627. The molecule has 3 nitrogen and oxygen atoms in total. The Balaban J connectivity index is 2.26. The Morgan fingerprint density at radius 1 is 1.54 bits per heavy atom. The van der Waals surface area contributed by atoms with E-state index in [0.717, 1.165) is 23.4 Å². The third kappa shape index (κ3) is 1.60. The number of hydrogen-bond donors (Lipinski definition) is 2. The van der Waals surface area contributed by atoms with Crippen LogP contribution in [0.1, 0.15) is 5.56 Å². The van der Waals surface area contributed by atoms with Gasteiger partial charge in [-0.2, -0.15) is 0 Å². The van der Waals surface area contributed by atoms with Crippen molar-refractivity contribution in [1.82, 2.24) is 0 Å². The Bertz CT molecular complexity index is 312. The first-order valence-corrected chi connectivity index (χ1v) is 4.41. The Morgan fingerprint density at radius 3 is 3.15 bits per heavy atom. The minimum atomic E-state index is 0.184. The lowest BCUT2D eigenvalue weighted by molar-refractivity contribution is 0.147. The number of ether oxygens (including phenoxy) is 1. The van der Waals surface area contributed by atoms with E-state index in [-0.39, 0.29) is 12.5 Å². The van der Waals surface area contributed by atoms with E-state index in [1.54, 1.807) is 0 Å². The minimum Gasteiger partial charge on any atom is -0.493 e. The third-order valence-corrected chi connectivity index (χ3v) is 2.33. The Hall–Kier alpha value is -1.22. The minimum absolute atomic E-state index is 0.184. The Morgan fingerprint density at radius 2 is 2.38 bits per heavy atom. The van der Waals surface area contributed by atoms with Gasteiger partial charge in [-0.1, -0.05) is 6.07 Å². The first-order chi connectivity index (χ1) is 6.29. The molecule has 70 valence electrons. The van der Waals surface area contributed by atoms with Gasteiger partial charge in [0.1, 0.15) is 5.75 Å². The zero-order chi connectivity index (χ0) is 9.26. The zero-order valence-electron chi connectivity index (χ0n) is 7.36.